The lowest BCUT2D eigenvalue weighted by atomic mass is 10.1. The summed E-state index contributed by atoms with van der Waals surface area (Å²) >= 11 is 0. The van der Waals surface area contributed by atoms with Crippen LogP contribution in [0, 0.1) is 13.8 Å². The summed E-state index contributed by atoms with van der Waals surface area (Å²) in [6.45, 7) is 3.93. The summed E-state index contributed by atoms with van der Waals surface area (Å²) in [6.07, 6.45) is 0. The summed E-state index contributed by atoms with van der Waals surface area (Å²) in [7, 11) is 1.86. The van der Waals surface area contributed by atoms with Crippen molar-refractivity contribution in [2.75, 3.05) is 12.4 Å². The van der Waals surface area contributed by atoms with E-state index in [0.717, 1.165) is 28.4 Å². The fourth-order valence-electron chi connectivity index (χ4n) is 2.30. The van der Waals surface area contributed by atoms with E-state index in [4.69, 9.17) is 4.42 Å². The molecule has 2 aromatic heterocycles. The van der Waals surface area contributed by atoms with E-state index in [1.807, 2.05) is 63.4 Å². The summed E-state index contributed by atoms with van der Waals surface area (Å²) in [5.74, 6) is 2.94. The molecule has 2 heterocycles. The van der Waals surface area contributed by atoms with Gasteiger partial charge in [0.25, 0.3) is 0 Å². The second kappa shape index (κ2) is 5.40. The van der Waals surface area contributed by atoms with Crippen LogP contribution in [0.5, 0.6) is 0 Å². The molecular weight excluding hydrogens is 262 g/mol. The lowest BCUT2D eigenvalue weighted by Crippen LogP contribution is -2.02. The van der Waals surface area contributed by atoms with E-state index in [2.05, 4.69) is 15.3 Å². The van der Waals surface area contributed by atoms with Crippen LogP contribution in [0.15, 0.2) is 46.9 Å². The maximum absolute atomic E-state index is 5.65. The third-order valence-electron chi connectivity index (χ3n) is 3.39. The van der Waals surface area contributed by atoms with Crippen LogP contribution in [0.25, 0.3) is 22.8 Å². The zero-order valence-corrected chi connectivity index (χ0v) is 12.3. The zero-order valence-electron chi connectivity index (χ0n) is 12.3. The highest BCUT2D eigenvalue weighted by Gasteiger charge is 2.14. The highest BCUT2D eigenvalue weighted by Crippen LogP contribution is 2.29. The quantitative estimate of drug-likeness (QED) is 0.785. The maximum atomic E-state index is 5.65. The van der Waals surface area contributed by atoms with E-state index < -0.39 is 0 Å². The molecule has 0 aliphatic carbocycles. The lowest BCUT2D eigenvalue weighted by molar-refractivity contribution is 0.544. The van der Waals surface area contributed by atoms with Gasteiger partial charge in [-0.1, -0.05) is 30.3 Å². The zero-order chi connectivity index (χ0) is 14.8. The molecule has 0 saturated carbocycles. The highest BCUT2D eigenvalue weighted by molar-refractivity contribution is 5.70. The van der Waals surface area contributed by atoms with Crippen molar-refractivity contribution >= 4 is 5.82 Å². The Morgan fingerprint density at radius 2 is 1.71 bits per heavy atom. The van der Waals surface area contributed by atoms with Crippen molar-refractivity contribution in [3.8, 4) is 22.8 Å². The Bertz CT molecular complexity index is 763. The van der Waals surface area contributed by atoms with Crippen molar-refractivity contribution < 1.29 is 4.42 Å². The van der Waals surface area contributed by atoms with Crippen LogP contribution in [0.1, 0.15) is 11.3 Å². The van der Waals surface area contributed by atoms with Gasteiger partial charge < -0.3 is 9.73 Å². The van der Waals surface area contributed by atoms with Crippen LogP contribution in [0.2, 0.25) is 0 Å². The molecular formula is C17H17N3O. The summed E-state index contributed by atoms with van der Waals surface area (Å²) in [5, 5.41) is 3.13. The minimum Gasteiger partial charge on any atom is -0.458 e. The van der Waals surface area contributed by atoms with E-state index in [1.54, 1.807) is 0 Å². The average Bonchev–Trinajstić information content (AvgIpc) is 2.95. The van der Waals surface area contributed by atoms with E-state index in [-0.39, 0.29) is 0 Å². The number of nitrogens with one attached hydrogen (secondary N) is 1. The van der Waals surface area contributed by atoms with Gasteiger partial charge in [-0.2, -0.15) is 0 Å². The van der Waals surface area contributed by atoms with Gasteiger partial charge in [-0.25, -0.2) is 9.97 Å². The Labute approximate surface area is 123 Å². The molecule has 4 heteroatoms. The Morgan fingerprint density at radius 3 is 2.33 bits per heavy atom. The van der Waals surface area contributed by atoms with Gasteiger partial charge in [0.2, 0.25) is 0 Å². The number of anilines is 1. The van der Waals surface area contributed by atoms with Gasteiger partial charge in [-0.15, -0.1) is 0 Å². The first-order valence-corrected chi connectivity index (χ1v) is 6.87. The predicted molar refractivity (Wildman–Crippen MR) is 84.2 cm³/mol. The summed E-state index contributed by atoms with van der Waals surface area (Å²) < 4.78 is 5.65. The second-order valence-electron chi connectivity index (χ2n) is 4.90. The average molecular weight is 279 g/mol. The number of aromatic nitrogens is 2. The SMILES string of the molecule is CNc1nc(-c2ccc(C)o2)nc(-c2ccccc2)c1C. The van der Waals surface area contributed by atoms with Gasteiger partial charge in [0.15, 0.2) is 11.6 Å². The van der Waals surface area contributed by atoms with Crippen LogP contribution in [-0.2, 0) is 0 Å². The lowest BCUT2D eigenvalue weighted by Gasteiger charge is -2.11. The monoisotopic (exact) mass is 279 g/mol. The van der Waals surface area contributed by atoms with Crippen molar-refractivity contribution in [1.29, 1.82) is 0 Å². The Morgan fingerprint density at radius 1 is 0.952 bits per heavy atom. The molecule has 0 radical (unpaired) electrons. The van der Waals surface area contributed by atoms with Crippen molar-refractivity contribution in [3.05, 3.63) is 53.8 Å². The summed E-state index contributed by atoms with van der Waals surface area (Å²) in [5.41, 5.74) is 3.01. The molecule has 0 saturated heterocycles. The first-order chi connectivity index (χ1) is 10.2. The minimum atomic E-state index is 0.594. The number of aryl methyl sites for hydroxylation is 1. The first kappa shape index (κ1) is 13.4. The molecule has 21 heavy (non-hydrogen) atoms. The summed E-state index contributed by atoms with van der Waals surface area (Å²) in [6, 6.07) is 13.9. The van der Waals surface area contributed by atoms with Crippen LogP contribution in [0.3, 0.4) is 0 Å². The van der Waals surface area contributed by atoms with Gasteiger partial charge in [-0.05, 0) is 26.0 Å². The predicted octanol–water partition coefficient (Wildman–Crippen LogP) is 4.06. The van der Waals surface area contributed by atoms with Gasteiger partial charge in [-0.3, -0.25) is 0 Å². The molecule has 3 rings (SSSR count). The molecule has 0 bridgehead atoms. The first-order valence-electron chi connectivity index (χ1n) is 6.87. The molecule has 0 unspecified atom stereocenters. The molecule has 106 valence electrons. The van der Waals surface area contributed by atoms with E-state index in [1.165, 1.54) is 0 Å². The Balaban J connectivity index is 2.20. The van der Waals surface area contributed by atoms with Crippen LogP contribution >= 0.6 is 0 Å². The number of hydrogen-bond donors (Lipinski definition) is 1. The smallest absolute Gasteiger partial charge is 0.198 e. The number of rotatable bonds is 3. The minimum absolute atomic E-state index is 0.594. The van der Waals surface area contributed by atoms with Gasteiger partial charge in [0, 0.05) is 18.2 Å². The topological polar surface area (TPSA) is 51.0 Å². The van der Waals surface area contributed by atoms with Crippen LogP contribution in [0.4, 0.5) is 5.82 Å². The molecule has 1 aromatic carbocycles. The van der Waals surface area contributed by atoms with Crippen molar-refractivity contribution in [1.82, 2.24) is 9.97 Å². The van der Waals surface area contributed by atoms with Crippen molar-refractivity contribution in [2.45, 2.75) is 13.8 Å². The molecule has 0 amide bonds. The van der Waals surface area contributed by atoms with Crippen LogP contribution < -0.4 is 5.32 Å². The van der Waals surface area contributed by atoms with Gasteiger partial charge in [0.05, 0.1) is 5.69 Å². The molecule has 4 nitrogen and oxygen atoms in total. The standard InChI is InChI=1S/C17H17N3O/c1-11-9-10-14(21-11)17-19-15(12(2)16(18-3)20-17)13-7-5-4-6-8-13/h4-10H,1-3H3,(H,18,19,20). The normalized spacial score (nSPS) is 10.6. The van der Waals surface area contributed by atoms with E-state index >= 15 is 0 Å². The van der Waals surface area contributed by atoms with Gasteiger partial charge in [0.1, 0.15) is 11.6 Å². The molecule has 0 aliphatic rings. The fraction of sp³-hybridized carbons (Fsp3) is 0.176. The maximum Gasteiger partial charge on any atom is 0.198 e. The molecule has 0 aliphatic heterocycles. The number of benzene rings is 1. The third-order valence-corrected chi connectivity index (χ3v) is 3.39. The summed E-state index contributed by atoms with van der Waals surface area (Å²) in [4.78, 5) is 9.23. The number of hydrogen-bond acceptors (Lipinski definition) is 4. The fourth-order valence-corrected chi connectivity index (χ4v) is 2.30. The van der Waals surface area contributed by atoms with E-state index in [9.17, 15) is 0 Å². The third kappa shape index (κ3) is 2.52. The number of nitrogens with zero attached hydrogens (tertiary/aromatic N) is 2. The molecule has 1 N–H and O–H groups in total. The van der Waals surface area contributed by atoms with Crippen LogP contribution in [-0.4, -0.2) is 17.0 Å². The van der Waals surface area contributed by atoms with Crippen molar-refractivity contribution in [3.63, 3.8) is 0 Å². The Kier molecular flexibility index (Phi) is 3.44. The largest absolute Gasteiger partial charge is 0.458 e. The molecule has 0 fully saturated rings. The Hall–Kier alpha value is -2.62. The second-order valence-corrected chi connectivity index (χ2v) is 4.90. The molecule has 3 aromatic rings. The molecule has 0 spiro atoms. The van der Waals surface area contributed by atoms with Crippen molar-refractivity contribution in [2.24, 2.45) is 0 Å². The number of furan rings is 1. The van der Waals surface area contributed by atoms with E-state index in [0.29, 0.717) is 11.6 Å². The highest BCUT2D eigenvalue weighted by atomic mass is 16.3. The van der Waals surface area contributed by atoms with Gasteiger partial charge >= 0.3 is 0 Å². The molecule has 0 atom stereocenters.